The van der Waals surface area contributed by atoms with Crippen LogP contribution in [0, 0.1) is 0 Å². The van der Waals surface area contributed by atoms with Crippen LogP contribution in [0.1, 0.15) is 16.1 Å². The zero-order valence-corrected chi connectivity index (χ0v) is 15.2. The van der Waals surface area contributed by atoms with E-state index in [-0.39, 0.29) is 5.91 Å². The molecule has 0 aliphatic heterocycles. The van der Waals surface area contributed by atoms with Crippen LogP contribution in [0.2, 0.25) is 0 Å². The van der Waals surface area contributed by atoms with Crippen molar-refractivity contribution in [3.8, 4) is 5.75 Å². The molecule has 0 atom stereocenters. The van der Waals surface area contributed by atoms with Gasteiger partial charge in [0, 0.05) is 50.6 Å². The third-order valence-electron chi connectivity index (χ3n) is 3.66. The number of nitrogens with zero attached hydrogens (tertiary/aromatic N) is 2. The predicted octanol–water partition coefficient (Wildman–Crippen LogP) is 1.23. The number of pyridine rings is 1. The number of guanidine groups is 1. The maximum Gasteiger partial charge on any atom is 0.251 e. The quantitative estimate of drug-likeness (QED) is 0.377. The molecule has 0 unspecified atom stereocenters. The van der Waals surface area contributed by atoms with E-state index in [1.165, 1.54) is 0 Å². The second kappa shape index (κ2) is 10.7. The van der Waals surface area contributed by atoms with Crippen molar-refractivity contribution in [3.63, 3.8) is 0 Å². The Hall–Kier alpha value is -3.09. The first-order valence-electron chi connectivity index (χ1n) is 8.49. The number of aliphatic imine (C=N–C) groups is 1. The maximum absolute atomic E-state index is 12.1. The number of hydrogen-bond acceptors (Lipinski definition) is 4. The van der Waals surface area contributed by atoms with Crippen molar-refractivity contribution in [1.82, 2.24) is 20.9 Å². The first kappa shape index (κ1) is 19.2. The predicted molar refractivity (Wildman–Crippen MR) is 103 cm³/mol. The van der Waals surface area contributed by atoms with Gasteiger partial charge < -0.3 is 20.7 Å². The van der Waals surface area contributed by atoms with Gasteiger partial charge in [-0.05, 0) is 30.3 Å². The number of hydrogen-bond donors (Lipinski definition) is 3. The van der Waals surface area contributed by atoms with Gasteiger partial charge in [-0.1, -0.05) is 12.1 Å². The molecular formula is C19H25N5O2. The monoisotopic (exact) mass is 355 g/mol. The van der Waals surface area contributed by atoms with Gasteiger partial charge in [-0.25, -0.2) is 0 Å². The minimum atomic E-state index is -0.135. The number of aromatic nitrogens is 1. The molecule has 26 heavy (non-hydrogen) atoms. The Kier molecular flexibility index (Phi) is 7.92. The molecule has 1 heterocycles. The van der Waals surface area contributed by atoms with Crippen molar-refractivity contribution in [2.75, 3.05) is 33.8 Å². The fourth-order valence-corrected chi connectivity index (χ4v) is 2.30. The first-order chi connectivity index (χ1) is 12.7. The summed E-state index contributed by atoms with van der Waals surface area (Å²) in [7, 11) is 3.29. The van der Waals surface area contributed by atoms with Crippen molar-refractivity contribution in [3.05, 3.63) is 59.9 Å². The van der Waals surface area contributed by atoms with E-state index in [0.29, 0.717) is 30.4 Å². The van der Waals surface area contributed by atoms with Crippen LogP contribution in [-0.2, 0) is 6.42 Å². The fraction of sp³-hybridized carbons (Fsp3) is 0.316. The van der Waals surface area contributed by atoms with Crippen LogP contribution in [0.4, 0.5) is 0 Å². The first-order valence-corrected chi connectivity index (χ1v) is 8.49. The zero-order chi connectivity index (χ0) is 18.6. The van der Waals surface area contributed by atoms with Crippen LogP contribution < -0.4 is 20.7 Å². The Morgan fingerprint density at radius 1 is 1.08 bits per heavy atom. The van der Waals surface area contributed by atoms with Crippen LogP contribution in [0.5, 0.6) is 5.75 Å². The highest BCUT2D eigenvalue weighted by Gasteiger charge is 2.06. The Bertz CT molecular complexity index is 719. The number of carbonyl (C=O) groups excluding carboxylic acids is 1. The van der Waals surface area contributed by atoms with E-state index >= 15 is 0 Å². The normalized spacial score (nSPS) is 10.9. The van der Waals surface area contributed by atoms with Gasteiger partial charge >= 0.3 is 0 Å². The molecule has 7 heteroatoms. The van der Waals surface area contributed by atoms with Gasteiger partial charge in [0.05, 0.1) is 7.11 Å². The number of benzene rings is 1. The molecule has 2 rings (SSSR count). The lowest BCUT2D eigenvalue weighted by Gasteiger charge is -2.12. The van der Waals surface area contributed by atoms with Crippen molar-refractivity contribution >= 4 is 11.9 Å². The number of carbonyl (C=O) groups is 1. The summed E-state index contributed by atoms with van der Waals surface area (Å²) in [4.78, 5) is 20.6. The maximum atomic E-state index is 12.1. The molecular weight excluding hydrogens is 330 g/mol. The second-order valence-corrected chi connectivity index (χ2v) is 5.48. The lowest BCUT2D eigenvalue weighted by atomic mass is 10.2. The minimum Gasteiger partial charge on any atom is -0.497 e. The number of methoxy groups -OCH3 is 1. The molecule has 1 amide bonds. The van der Waals surface area contributed by atoms with Crippen LogP contribution in [0.15, 0.2) is 53.7 Å². The number of rotatable bonds is 8. The summed E-state index contributed by atoms with van der Waals surface area (Å²) in [5.41, 5.74) is 1.60. The van der Waals surface area contributed by atoms with E-state index in [9.17, 15) is 4.79 Å². The molecule has 1 aromatic heterocycles. The van der Waals surface area contributed by atoms with E-state index < -0.39 is 0 Å². The van der Waals surface area contributed by atoms with Crippen LogP contribution >= 0.6 is 0 Å². The van der Waals surface area contributed by atoms with E-state index in [1.807, 2.05) is 18.2 Å². The summed E-state index contributed by atoms with van der Waals surface area (Å²) in [5, 5.41) is 9.25. The summed E-state index contributed by atoms with van der Waals surface area (Å²) < 4.78 is 5.13. The summed E-state index contributed by atoms with van der Waals surface area (Å²) in [6.45, 7) is 1.78. The van der Waals surface area contributed by atoms with Gasteiger partial charge in [0.15, 0.2) is 5.96 Å². The third-order valence-corrected chi connectivity index (χ3v) is 3.66. The molecule has 2 aromatic rings. The largest absolute Gasteiger partial charge is 0.497 e. The number of nitrogens with one attached hydrogen (secondary N) is 3. The molecule has 0 aliphatic rings. The highest BCUT2D eigenvalue weighted by Crippen LogP contribution is 2.12. The number of ether oxygens (including phenoxy) is 1. The summed E-state index contributed by atoms with van der Waals surface area (Å²) >= 11 is 0. The van der Waals surface area contributed by atoms with Gasteiger partial charge in [-0.2, -0.15) is 0 Å². The molecule has 3 N–H and O–H groups in total. The molecule has 0 spiro atoms. The molecule has 0 bridgehead atoms. The van der Waals surface area contributed by atoms with Crippen molar-refractivity contribution in [1.29, 1.82) is 0 Å². The van der Waals surface area contributed by atoms with Gasteiger partial charge in [-0.15, -0.1) is 0 Å². The Morgan fingerprint density at radius 2 is 1.88 bits per heavy atom. The minimum absolute atomic E-state index is 0.135. The Balaban J connectivity index is 1.66. The highest BCUT2D eigenvalue weighted by atomic mass is 16.5. The highest BCUT2D eigenvalue weighted by molar-refractivity contribution is 5.94. The smallest absolute Gasteiger partial charge is 0.251 e. The van der Waals surface area contributed by atoms with Crippen LogP contribution in [0.25, 0.3) is 0 Å². The van der Waals surface area contributed by atoms with Crippen molar-refractivity contribution in [2.45, 2.75) is 6.42 Å². The average molecular weight is 355 g/mol. The molecule has 0 saturated heterocycles. The summed E-state index contributed by atoms with van der Waals surface area (Å²) in [6.07, 6.45) is 2.60. The Labute approximate surface area is 153 Å². The molecule has 138 valence electrons. The topological polar surface area (TPSA) is 87.6 Å². The zero-order valence-electron chi connectivity index (χ0n) is 15.2. The SMILES string of the molecule is CN=C(NCCNC(=O)c1cccc(OC)c1)NCCc1ccccn1. The number of amides is 1. The van der Waals surface area contributed by atoms with E-state index in [1.54, 1.807) is 44.6 Å². The Morgan fingerprint density at radius 3 is 2.62 bits per heavy atom. The van der Waals surface area contributed by atoms with Crippen LogP contribution in [-0.4, -0.2) is 50.6 Å². The summed E-state index contributed by atoms with van der Waals surface area (Å²) in [5.74, 6) is 1.22. The third kappa shape index (κ3) is 6.43. The summed E-state index contributed by atoms with van der Waals surface area (Å²) in [6, 6.07) is 12.9. The van der Waals surface area contributed by atoms with Crippen LogP contribution in [0.3, 0.4) is 0 Å². The average Bonchev–Trinajstić information content (AvgIpc) is 2.70. The van der Waals surface area contributed by atoms with E-state index in [0.717, 1.165) is 18.7 Å². The molecule has 0 fully saturated rings. The van der Waals surface area contributed by atoms with Gasteiger partial charge in [-0.3, -0.25) is 14.8 Å². The molecule has 1 aromatic carbocycles. The van der Waals surface area contributed by atoms with Crippen molar-refractivity contribution in [2.24, 2.45) is 4.99 Å². The van der Waals surface area contributed by atoms with Gasteiger partial charge in [0.1, 0.15) is 5.75 Å². The lowest BCUT2D eigenvalue weighted by Crippen LogP contribution is -2.42. The fourth-order valence-electron chi connectivity index (χ4n) is 2.30. The second-order valence-electron chi connectivity index (χ2n) is 5.48. The molecule has 0 radical (unpaired) electrons. The van der Waals surface area contributed by atoms with E-state index in [2.05, 4.69) is 25.9 Å². The van der Waals surface area contributed by atoms with E-state index in [4.69, 9.17) is 4.74 Å². The lowest BCUT2D eigenvalue weighted by molar-refractivity contribution is 0.0954. The van der Waals surface area contributed by atoms with Crippen molar-refractivity contribution < 1.29 is 9.53 Å². The molecule has 0 aliphatic carbocycles. The molecule has 7 nitrogen and oxygen atoms in total. The van der Waals surface area contributed by atoms with Gasteiger partial charge in [0.25, 0.3) is 5.91 Å². The molecule has 0 saturated carbocycles. The van der Waals surface area contributed by atoms with Gasteiger partial charge in [0.2, 0.25) is 0 Å². The standard InChI is InChI=1S/C19H25N5O2/c1-20-19(23-11-9-16-7-3-4-10-21-16)24-13-12-22-18(25)15-6-5-8-17(14-15)26-2/h3-8,10,14H,9,11-13H2,1-2H3,(H,22,25)(H2,20,23,24).